The van der Waals surface area contributed by atoms with Crippen molar-refractivity contribution in [2.24, 2.45) is 0 Å². The van der Waals surface area contributed by atoms with Gasteiger partial charge in [-0.25, -0.2) is 0 Å². The SMILES string of the molecule is COc1ccccc1N(CCC(=O)N1CCc2ccccc2C1)C(C)=O. The molecule has 0 saturated heterocycles. The largest absolute Gasteiger partial charge is 0.495 e. The molecule has 0 atom stereocenters. The van der Waals surface area contributed by atoms with Crippen LogP contribution in [0.15, 0.2) is 48.5 Å². The zero-order chi connectivity index (χ0) is 18.5. The van der Waals surface area contributed by atoms with Crippen LogP contribution in [0.25, 0.3) is 0 Å². The topological polar surface area (TPSA) is 49.9 Å². The summed E-state index contributed by atoms with van der Waals surface area (Å²) in [4.78, 5) is 28.3. The molecule has 0 bridgehead atoms. The monoisotopic (exact) mass is 352 g/mol. The van der Waals surface area contributed by atoms with Crippen molar-refractivity contribution < 1.29 is 14.3 Å². The molecule has 1 heterocycles. The molecule has 0 radical (unpaired) electrons. The van der Waals surface area contributed by atoms with Crippen LogP contribution in [-0.2, 0) is 22.6 Å². The van der Waals surface area contributed by atoms with E-state index in [-0.39, 0.29) is 11.8 Å². The number of ether oxygens (including phenoxy) is 1. The van der Waals surface area contributed by atoms with E-state index in [0.29, 0.717) is 30.9 Å². The van der Waals surface area contributed by atoms with Crippen LogP contribution in [0.5, 0.6) is 5.75 Å². The third-order valence-corrected chi connectivity index (χ3v) is 4.79. The number of hydrogen-bond acceptors (Lipinski definition) is 3. The molecule has 1 aliphatic heterocycles. The normalized spacial score (nSPS) is 13.1. The molecular formula is C21H24N2O3. The number of hydrogen-bond donors (Lipinski definition) is 0. The Labute approximate surface area is 154 Å². The number of carbonyl (C=O) groups excluding carboxylic acids is 2. The highest BCUT2D eigenvalue weighted by molar-refractivity contribution is 5.93. The van der Waals surface area contributed by atoms with Crippen molar-refractivity contribution in [2.75, 3.05) is 25.1 Å². The van der Waals surface area contributed by atoms with Crippen LogP contribution in [0.3, 0.4) is 0 Å². The second-order valence-electron chi connectivity index (χ2n) is 6.43. The molecule has 26 heavy (non-hydrogen) atoms. The smallest absolute Gasteiger partial charge is 0.224 e. The summed E-state index contributed by atoms with van der Waals surface area (Å²) in [5, 5.41) is 0. The Morgan fingerprint density at radius 3 is 2.50 bits per heavy atom. The Morgan fingerprint density at radius 2 is 1.77 bits per heavy atom. The highest BCUT2D eigenvalue weighted by Crippen LogP contribution is 2.28. The highest BCUT2D eigenvalue weighted by Gasteiger charge is 2.22. The number of carbonyl (C=O) groups is 2. The number of fused-ring (bicyclic) bond motifs is 1. The van der Waals surface area contributed by atoms with Gasteiger partial charge in [-0.05, 0) is 29.7 Å². The fourth-order valence-electron chi connectivity index (χ4n) is 3.37. The van der Waals surface area contributed by atoms with Gasteiger partial charge >= 0.3 is 0 Å². The standard InChI is InChI=1S/C21H24N2O3/c1-16(24)23(19-9-5-6-10-20(19)26-2)14-12-21(25)22-13-11-17-7-3-4-8-18(17)15-22/h3-10H,11-15H2,1-2H3. The van der Waals surface area contributed by atoms with E-state index in [4.69, 9.17) is 4.74 Å². The number of nitrogens with zero attached hydrogens (tertiary/aromatic N) is 2. The molecule has 3 rings (SSSR count). The van der Waals surface area contributed by atoms with Gasteiger partial charge in [-0.15, -0.1) is 0 Å². The summed E-state index contributed by atoms with van der Waals surface area (Å²) in [6, 6.07) is 15.6. The Balaban J connectivity index is 1.66. The van der Waals surface area contributed by atoms with Gasteiger partial charge in [0.05, 0.1) is 12.8 Å². The summed E-state index contributed by atoms with van der Waals surface area (Å²) < 4.78 is 5.35. The minimum Gasteiger partial charge on any atom is -0.495 e. The number of benzene rings is 2. The van der Waals surface area contributed by atoms with E-state index in [9.17, 15) is 9.59 Å². The van der Waals surface area contributed by atoms with Crippen molar-refractivity contribution in [3.63, 3.8) is 0 Å². The minimum absolute atomic E-state index is 0.0700. The lowest BCUT2D eigenvalue weighted by Gasteiger charge is -2.30. The first-order chi connectivity index (χ1) is 12.6. The molecule has 0 N–H and O–H groups in total. The van der Waals surface area contributed by atoms with Gasteiger partial charge < -0.3 is 14.5 Å². The predicted molar refractivity (Wildman–Crippen MR) is 101 cm³/mol. The van der Waals surface area contributed by atoms with Crippen molar-refractivity contribution in [3.8, 4) is 5.75 Å². The Bertz CT molecular complexity index is 803. The van der Waals surface area contributed by atoms with Gasteiger partial charge in [0.2, 0.25) is 11.8 Å². The quantitative estimate of drug-likeness (QED) is 0.831. The maximum atomic E-state index is 12.7. The van der Waals surface area contributed by atoms with Gasteiger partial charge in [0.1, 0.15) is 5.75 Å². The van der Waals surface area contributed by atoms with E-state index in [2.05, 4.69) is 12.1 Å². The van der Waals surface area contributed by atoms with E-state index in [1.54, 1.807) is 12.0 Å². The molecule has 0 saturated carbocycles. The fraction of sp³-hybridized carbons (Fsp3) is 0.333. The third kappa shape index (κ3) is 3.87. The van der Waals surface area contributed by atoms with Gasteiger partial charge in [-0.3, -0.25) is 9.59 Å². The van der Waals surface area contributed by atoms with Crippen LogP contribution >= 0.6 is 0 Å². The lowest BCUT2D eigenvalue weighted by atomic mass is 10.00. The third-order valence-electron chi connectivity index (χ3n) is 4.79. The molecular weight excluding hydrogens is 328 g/mol. The second kappa shape index (κ2) is 8.04. The molecule has 5 heteroatoms. The Hall–Kier alpha value is -2.82. The van der Waals surface area contributed by atoms with Crippen LogP contribution in [0.1, 0.15) is 24.5 Å². The van der Waals surface area contributed by atoms with Crippen molar-refractivity contribution in [1.82, 2.24) is 4.90 Å². The maximum absolute atomic E-state index is 12.7. The van der Waals surface area contributed by atoms with Crippen molar-refractivity contribution >= 4 is 17.5 Å². The summed E-state index contributed by atoms with van der Waals surface area (Å²) in [6.45, 7) is 3.22. The summed E-state index contributed by atoms with van der Waals surface area (Å²) in [7, 11) is 1.58. The first-order valence-corrected chi connectivity index (χ1v) is 8.86. The highest BCUT2D eigenvalue weighted by atomic mass is 16.5. The summed E-state index contributed by atoms with van der Waals surface area (Å²) in [5.74, 6) is 0.592. The average molecular weight is 352 g/mol. The van der Waals surface area contributed by atoms with Crippen LogP contribution in [-0.4, -0.2) is 36.9 Å². The molecule has 0 aromatic heterocycles. The minimum atomic E-state index is -0.105. The summed E-state index contributed by atoms with van der Waals surface area (Å²) >= 11 is 0. The number of para-hydroxylation sites is 2. The lowest BCUT2D eigenvalue weighted by Crippen LogP contribution is -2.39. The van der Waals surface area contributed by atoms with Crippen LogP contribution in [0.2, 0.25) is 0 Å². The zero-order valence-corrected chi connectivity index (χ0v) is 15.3. The van der Waals surface area contributed by atoms with Crippen LogP contribution in [0, 0.1) is 0 Å². The molecule has 2 aromatic carbocycles. The van der Waals surface area contributed by atoms with Crippen molar-refractivity contribution in [3.05, 3.63) is 59.7 Å². The van der Waals surface area contributed by atoms with E-state index in [0.717, 1.165) is 13.0 Å². The first kappa shape index (κ1) is 18.0. The molecule has 0 aliphatic carbocycles. The molecule has 2 aromatic rings. The Morgan fingerprint density at radius 1 is 1.08 bits per heavy atom. The van der Waals surface area contributed by atoms with Gasteiger partial charge in [0.15, 0.2) is 0 Å². The lowest BCUT2D eigenvalue weighted by molar-refractivity contribution is -0.131. The van der Waals surface area contributed by atoms with Crippen molar-refractivity contribution in [2.45, 2.75) is 26.3 Å². The molecule has 5 nitrogen and oxygen atoms in total. The van der Waals surface area contributed by atoms with E-state index in [1.165, 1.54) is 18.1 Å². The number of amides is 2. The molecule has 136 valence electrons. The van der Waals surface area contributed by atoms with Gasteiger partial charge in [-0.1, -0.05) is 36.4 Å². The summed E-state index contributed by atoms with van der Waals surface area (Å²) in [5.41, 5.74) is 3.22. The van der Waals surface area contributed by atoms with Crippen molar-refractivity contribution in [1.29, 1.82) is 0 Å². The summed E-state index contributed by atoms with van der Waals surface area (Å²) in [6.07, 6.45) is 1.17. The predicted octanol–water partition coefficient (Wildman–Crippen LogP) is 3.02. The number of rotatable bonds is 5. The molecule has 1 aliphatic rings. The maximum Gasteiger partial charge on any atom is 0.224 e. The Kier molecular flexibility index (Phi) is 5.56. The number of anilines is 1. The average Bonchev–Trinajstić information content (AvgIpc) is 2.67. The second-order valence-corrected chi connectivity index (χ2v) is 6.43. The zero-order valence-electron chi connectivity index (χ0n) is 15.3. The van der Waals surface area contributed by atoms with E-state index in [1.807, 2.05) is 41.3 Å². The van der Waals surface area contributed by atoms with Gasteiger partial charge in [0.25, 0.3) is 0 Å². The first-order valence-electron chi connectivity index (χ1n) is 8.86. The van der Waals surface area contributed by atoms with Gasteiger partial charge in [-0.2, -0.15) is 0 Å². The van der Waals surface area contributed by atoms with E-state index >= 15 is 0 Å². The van der Waals surface area contributed by atoms with Crippen LogP contribution in [0.4, 0.5) is 5.69 Å². The molecule has 0 unspecified atom stereocenters. The molecule has 0 spiro atoms. The fourth-order valence-corrected chi connectivity index (χ4v) is 3.37. The molecule has 0 fully saturated rings. The molecule has 2 amide bonds. The number of methoxy groups -OCH3 is 1. The van der Waals surface area contributed by atoms with Gasteiger partial charge in [0, 0.05) is 33.0 Å². The van der Waals surface area contributed by atoms with Crippen LogP contribution < -0.4 is 9.64 Å². The van der Waals surface area contributed by atoms with E-state index < -0.39 is 0 Å².